The van der Waals surface area contributed by atoms with Gasteiger partial charge < -0.3 is 4.52 Å². The molecule has 1 fully saturated rings. The van der Waals surface area contributed by atoms with Crippen LogP contribution in [-0.2, 0) is 13.1 Å². The van der Waals surface area contributed by atoms with E-state index in [0.29, 0.717) is 24.3 Å². The zero-order chi connectivity index (χ0) is 14.8. The molecule has 3 heterocycles. The highest BCUT2D eigenvalue weighted by Crippen LogP contribution is 2.30. The average Bonchev–Trinajstić information content (AvgIpc) is 3.06. The lowest BCUT2D eigenvalue weighted by molar-refractivity contribution is 0.209. The summed E-state index contributed by atoms with van der Waals surface area (Å²) in [6.45, 7) is 1.56. The Bertz CT molecular complexity index is 722. The van der Waals surface area contributed by atoms with Gasteiger partial charge in [0.2, 0.25) is 11.7 Å². The van der Waals surface area contributed by atoms with Crippen LogP contribution in [0, 0.1) is 0 Å². The maximum absolute atomic E-state index is 5.42. The molecule has 3 aromatic rings. The van der Waals surface area contributed by atoms with Crippen LogP contribution >= 0.6 is 11.3 Å². The van der Waals surface area contributed by atoms with Crippen LogP contribution in [0.4, 0.5) is 0 Å². The van der Waals surface area contributed by atoms with Crippen molar-refractivity contribution in [2.24, 2.45) is 0 Å². The molecule has 0 atom stereocenters. The summed E-state index contributed by atoms with van der Waals surface area (Å²) >= 11 is 1.62. The van der Waals surface area contributed by atoms with Crippen LogP contribution in [0.25, 0.3) is 10.7 Å². The first-order valence-corrected chi connectivity index (χ1v) is 8.26. The molecule has 4 rings (SSSR count). The van der Waals surface area contributed by atoms with Crippen molar-refractivity contribution < 1.29 is 4.52 Å². The van der Waals surface area contributed by atoms with Gasteiger partial charge in [0.1, 0.15) is 0 Å². The fourth-order valence-electron chi connectivity index (χ4n) is 2.48. The summed E-state index contributed by atoms with van der Waals surface area (Å²) < 4.78 is 5.42. The second-order valence-corrected chi connectivity index (χ2v) is 6.43. The Balaban J connectivity index is 1.48. The summed E-state index contributed by atoms with van der Waals surface area (Å²) in [7, 11) is 0. The standard InChI is InChI=1S/C16H16N4OS/c1-3-12(9-17-7-1)10-20(13-5-6-13)11-15-18-16(19-21-15)14-4-2-8-22-14/h1-4,7-9,13H,5-6,10-11H2. The van der Waals surface area contributed by atoms with Gasteiger partial charge in [0, 0.05) is 25.0 Å². The SMILES string of the molecule is c1cncc(CN(Cc2nc(-c3cccs3)no2)C2CC2)c1. The minimum absolute atomic E-state index is 0.622. The molecular weight excluding hydrogens is 296 g/mol. The molecule has 6 heteroatoms. The van der Waals surface area contributed by atoms with E-state index in [1.165, 1.54) is 18.4 Å². The van der Waals surface area contributed by atoms with Gasteiger partial charge in [-0.25, -0.2) is 0 Å². The molecule has 112 valence electrons. The monoisotopic (exact) mass is 312 g/mol. The van der Waals surface area contributed by atoms with Crippen molar-refractivity contribution in [2.45, 2.75) is 32.0 Å². The third kappa shape index (κ3) is 3.08. The first-order valence-electron chi connectivity index (χ1n) is 7.38. The Labute approximate surface area is 132 Å². The van der Waals surface area contributed by atoms with Crippen LogP contribution in [0.1, 0.15) is 24.3 Å². The summed E-state index contributed by atoms with van der Waals surface area (Å²) in [4.78, 5) is 12.1. The van der Waals surface area contributed by atoms with E-state index in [2.05, 4.69) is 26.1 Å². The summed E-state index contributed by atoms with van der Waals surface area (Å²) in [5, 5.41) is 6.10. The summed E-state index contributed by atoms with van der Waals surface area (Å²) in [6.07, 6.45) is 6.20. The molecule has 0 spiro atoms. The van der Waals surface area contributed by atoms with Crippen molar-refractivity contribution >= 4 is 11.3 Å². The Hall–Kier alpha value is -2.05. The molecule has 1 aliphatic carbocycles. The van der Waals surface area contributed by atoms with Crippen molar-refractivity contribution in [3.05, 3.63) is 53.5 Å². The maximum Gasteiger partial charge on any atom is 0.241 e. The topological polar surface area (TPSA) is 55.1 Å². The van der Waals surface area contributed by atoms with Crippen molar-refractivity contribution in [2.75, 3.05) is 0 Å². The zero-order valence-corrected chi connectivity index (χ0v) is 12.9. The fraction of sp³-hybridized carbons (Fsp3) is 0.312. The molecule has 5 nitrogen and oxygen atoms in total. The number of hydrogen-bond acceptors (Lipinski definition) is 6. The van der Waals surface area contributed by atoms with Crippen LogP contribution in [0.2, 0.25) is 0 Å². The van der Waals surface area contributed by atoms with Crippen LogP contribution in [0.5, 0.6) is 0 Å². The molecule has 0 bridgehead atoms. The molecule has 0 aromatic carbocycles. The Morgan fingerprint density at radius 1 is 1.23 bits per heavy atom. The predicted molar refractivity (Wildman–Crippen MR) is 84.1 cm³/mol. The van der Waals surface area contributed by atoms with Gasteiger partial charge in [-0.15, -0.1) is 11.3 Å². The molecule has 0 aliphatic heterocycles. The largest absolute Gasteiger partial charge is 0.338 e. The molecule has 3 aromatic heterocycles. The van der Waals surface area contributed by atoms with Gasteiger partial charge in [-0.1, -0.05) is 17.3 Å². The number of aromatic nitrogens is 3. The highest BCUT2D eigenvalue weighted by Gasteiger charge is 2.30. The van der Waals surface area contributed by atoms with Crippen LogP contribution in [-0.4, -0.2) is 26.1 Å². The Morgan fingerprint density at radius 3 is 2.91 bits per heavy atom. The van der Waals surface area contributed by atoms with Gasteiger partial charge >= 0.3 is 0 Å². The smallest absolute Gasteiger partial charge is 0.241 e. The van der Waals surface area contributed by atoms with E-state index in [9.17, 15) is 0 Å². The van der Waals surface area contributed by atoms with Gasteiger partial charge in [-0.05, 0) is 35.9 Å². The minimum atomic E-state index is 0.622. The summed E-state index contributed by atoms with van der Waals surface area (Å²) in [5.41, 5.74) is 1.22. The van der Waals surface area contributed by atoms with Crippen LogP contribution < -0.4 is 0 Å². The van der Waals surface area contributed by atoms with Crippen molar-refractivity contribution in [3.8, 4) is 10.7 Å². The number of rotatable bonds is 6. The maximum atomic E-state index is 5.42. The predicted octanol–water partition coefficient (Wildman–Crippen LogP) is 3.36. The van der Waals surface area contributed by atoms with E-state index >= 15 is 0 Å². The molecule has 0 N–H and O–H groups in total. The molecular formula is C16H16N4OS. The lowest BCUT2D eigenvalue weighted by atomic mass is 10.2. The van der Waals surface area contributed by atoms with Crippen molar-refractivity contribution in [1.29, 1.82) is 0 Å². The molecule has 0 saturated heterocycles. The van der Waals surface area contributed by atoms with Gasteiger partial charge in [-0.3, -0.25) is 9.88 Å². The average molecular weight is 312 g/mol. The molecule has 0 amide bonds. The van der Waals surface area contributed by atoms with Gasteiger partial charge in [0.15, 0.2) is 0 Å². The third-order valence-corrected chi connectivity index (χ3v) is 4.59. The van der Waals surface area contributed by atoms with E-state index < -0.39 is 0 Å². The molecule has 0 unspecified atom stereocenters. The van der Waals surface area contributed by atoms with Crippen LogP contribution in [0.3, 0.4) is 0 Å². The Kier molecular flexibility index (Phi) is 3.70. The summed E-state index contributed by atoms with van der Waals surface area (Å²) in [5.74, 6) is 1.36. The fourth-order valence-corrected chi connectivity index (χ4v) is 3.13. The highest BCUT2D eigenvalue weighted by atomic mass is 32.1. The number of pyridine rings is 1. The zero-order valence-electron chi connectivity index (χ0n) is 12.1. The van der Waals surface area contributed by atoms with E-state index in [1.54, 1.807) is 17.5 Å². The lowest BCUT2D eigenvalue weighted by Gasteiger charge is -2.19. The van der Waals surface area contributed by atoms with Crippen LogP contribution in [0.15, 0.2) is 46.6 Å². The Morgan fingerprint density at radius 2 is 2.18 bits per heavy atom. The minimum Gasteiger partial charge on any atom is -0.338 e. The second-order valence-electron chi connectivity index (χ2n) is 5.49. The quantitative estimate of drug-likeness (QED) is 0.698. The van der Waals surface area contributed by atoms with E-state index in [4.69, 9.17) is 4.52 Å². The first-order chi connectivity index (χ1) is 10.9. The number of hydrogen-bond donors (Lipinski definition) is 0. The third-order valence-electron chi connectivity index (χ3n) is 3.72. The normalized spacial score (nSPS) is 14.6. The summed E-state index contributed by atoms with van der Waals surface area (Å²) in [6, 6.07) is 8.70. The van der Waals surface area contributed by atoms with Crippen molar-refractivity contribution in [3.63, 3.8) is 0 Å². The second kappa shape index (κ2) is 5.98. The van der Waals surface area contributed by atoms with Gasteiger partial charge in [-0.2, -0.15) is 4.98 Å². The first kappa shape index (κ1) is 13.6. The molecule has 0 radical (unpaired) electrons. The van der Waals surface area contributed by atoms with Gasteiger partial charge in [0.25, 0.3) is 0 Å². The molecule has 1 saturated carbocycles. The van der Waals surface area contributed by atoms with Gasteiger partial charge in [0.05, 0.1) is 11.4 Å². The van der Waals surface area contributed by atoms with E-state index in [0.717, 1.165) is 11.4 Å². The molecule has 1 aliphatic rings. The molecule has 22 heavy (non-hydrogen) atoms. The number of thiophene rings is 1. The highest BCUT2D eigenvalue weighted by molar-refractivity contribution is 7.13. The van der Waals surface area contributed by atoms with E-state index in [1.807, 2.05) is 29.8 Å². The lowest BCUT2D eigenvalue weighted by Crippen LogP contribution is -2.25. The van der Waals surface area contributed by atoms with E-state index in [-0.39, 0.29) is 0 Å². The van der Waals surface area contributed by atoms with Crippen molar-refractivity contribution in [1.82, 2.24) is 20.0 Å². The number of nitrogens with zero attached hydrogens (tertiary/aromatic N) is 4.